The van der Waals surface area contributed by atoms with E-state index >= 15 is 0 Å². The van der Waals surface area contributed by atoms with Gasteiger partial charge in [0, 0.05) is 19.4 Å². The van der Waals surface area contributed by atoms with E-state index < -0.39 is 0 Å². The summed E-state index contributed by atoms with van der Waals surface area (Å²) < 4.78 is 7.27. The topological polar surface area (TPSA) is 69.0 Å². The van der Waals surface area contributed by atoms with E-state index in [2.05, 4.69) is 15.4 Å². The lowest BCUT2D eigenvalue weighted by Gasteiger charge is -2.22. The number of anilines is 1. The average Bonchev–Trinajstić information content (AvgIpc) is 3.06. The summed E-state index contributed by atoms with van der Waals surface area (Å²) in [5.41, 5.74) is 1.49. The van der Waals surface area contributed by atoms with Crippen LogP contribution in [0, 0.1) is 13.8 Å². The van der Waals surface area contributed by atoms with Crippen molar-refractivity contribution in [2.75, 3.05) is 18.5 Å². The average molecular weight is 306 g/mol. The molecule has 0 spiro atoms. The van der Waals surface area contributed by atoms with Gasteiger partial charge in [-0.1, -0.05) is 0 Å². The van der Waals surface area contributed by atoms with Gasteiger partial charge in [0.1, 0.15) is 4.88 Å². The maximum atomic E-state index is 12.2. The standard InChI is InChI=1S/C14H18N4O2S/c1-9-13(21-10(2)16-9)14(19)17-11-7-15-18(8-11)12-3-5-20-6-4-12/h7-8,12H,3-6H2,1-2H3,(H,17,19). The Hall–Kier alpha value is -1.73. The first kappa shape index (κ1) is 14.2. The van der Waals surface area contributed by atoms with Crippen LogP contribution in [0.3, 0.4) is 0 Å². The number of rotatable bonds is 3. The third-order valence-electron chi connectivity index (χ3n) is 3.53. The fourth-order valence-corrected chi connectivity index (χ4v) is 3.30. The fourth-order valence-electron chi connectivity index (χ4n) is 2.48. The van der Waals surface area contributed by atoms with Gasteiger partial charge in [-0.25, -0.2) is 4.98 Å². The van der Waals surface area contributed by atoms with Crippen LogP contribution in [0.2, 0.25) is 0 Å². The van der Waals surface area contributed by atoms with E-state index in [0.29, 0.717) is 10.9 Å². The molecule has 0 bridgehead atoms. The molecule has 3 heterocycles. The Labute approximate surface area is 127 Å². The van der Waals surface area contributed by atoms with Crippen molar-refractivity contribution >= 4 is 22.9 Å². The Balaban J connectivity index is 1.69. The number of amides is 1. The van der Waals surface area contributed by atoms with Gasteiger partial charge < -0.3 is 10.1 Å². The van der Waals surface area contributed by atoms with Gasteiger partial charge in [0.05, 0.1) is 28.6 Å². The molecule has 1 fully saturated rings. The van der Waals surface area contributed by atoms with Crippen LogP contribution in [0.25, 0.3) is 0 Å². The van der Waals surface area contributed by atoms with Crippen LogP contribution in [-0.4, -0.2) is 33.9 Å². The monoisotopic (exact) mass is 306 g/mol. The second kappa shape index (κ2) is 5.95. The predicted molar refractivity (Wildman–Crippen MR) is 80.9 cm³/mol. The number of hydrogen-bond donors (Lipinski definition) is 1. The normalized spacial score (nSPS) is 16.1. The third-order valence-corrected chi connectivity index (χ3v) is 4.61. The molecule has 6 nitrogen and oxygen atoms in total. The summed E-state index contributed by atoms with van der Waals surface area (Å²) in [5, 5.41) is 8.14. The maximum Gasteiger partial charge on any atom is 0.267 e. The highest BCUT2D eigenvalue weighted by atomic mass is 32.1. The number of carbonyl (C=O) groups excluding carboxylic acids is 1. The summed E-state index contributed by atoms with van der Waals surface area (Å²) in [6, 6.07) is 0.358. The Morgan fingerprint density at radius 1 is 1.43 bits per heavy atom. The van der Waals surface area contributed by atoms with Crippen LogP contribution in [0.5, 0.6) is 0 Å². The minimum Gasteiger partial charge on any atom is -0.381 e. The first-order chi connectivity index (χ1) is 10.1. The SMILES string of the molecule is Cc1nc(C)c(C(=O)Nc2cnn(C3CCOCC3)c2)s1. The van der Waals surface area contributed by atoms with Crippen LogP contribution < -0.4 is 5.32 Å². The summed E-state index contributed by atoms with van der Waals surface area (Å²) in [6.45, 7) is 5.29. The van der Waals surface area contributed by atoms with Gasteiger partial charge in [-0.15, -0.1) is 11.3 Å². The van der Waals surface area contributed by atoms with Crippen molar-refractivity contribution in [2.45, 2.75) is 32.7 Å². The van der Waals surface area contributed by atoms with E-state index in [-0.39, 0.29) is 5.91 Å². The molecule has 1 aliphatic heterocycles. The second-order valence-electron chi connectivity index (χ2n) is 5.15. The van der Waals surface area contributed by atoms with Crippen molar-refractivity contribution in [3.8, 4) is 0 Å². The number of hydrogen-bond acceptors (Lipinski definition) is 5. The predicted octanol–water partition coefficient (Wildman–Crippen LogP) is 2.56. The molecule has 1 aliphatic rings. The minimum absolute atomic E-state index is 0.121. The highest BCUT2D eigenvalue weighted by Crippen LogP contribution is 2.23. The van der Waals surface area contributed by atoms with E-state index in [1.165, 1.54) is 11.3 Å². The molecule has 0 unspecified atom stereocenters. The van der Waals surface area contributed by atoms with Gasteiger partial charge in [0.15, 0.2) is 0 Å². The molecular formula is C14H18N4O2S. The highest BCUT2D eigenvalue weighted by Gasteiger charge is 2.18. The fraction of sp³-hybridized carbons (Fsp3) is 0.500. The molecular weight excluding hydrogens is 288 g/mol. The summed E-state index contributed by atoms with van der Waals surface area (Å²) in [4.78, 5) is 17.2. The Morgan fingerprint density at radius 3 is 2.86 bits per heavy atom. The van der Waals surface area contributed by atoms with Crippen LogP contribution in [0.1, 0.15) is 39.3 Å². The van der Waals surface area contributed by atoms with E-state index in [1.807, 2.05) is 24.7 Å². The molecule has 21 heavy (non-hydrogen) atoms. The van der Waals surface area contributed by atoms with E-state index in [4.69, 9.17) is 4.74 Å². The highest BCUT2D eigenvalue weighted by molar-refractivity contribution is 7.13. The molecule has 3 rings (SSSR count). The largest absolute Gasteiger partial charge is 0.381 e. The van der Waals surface area contributed by atoms with Gasteiger partial charge in [-0.05, 0) is 26.7 Å². The molecule has 0 atom stereocenters. The number of aryl methyl sites for hydroxylation is 2. The molecule has 2 aromatic rings. The first-order valence-corrected chi connectivity index (χ1v) is 7.82. The van der Waals surface area contributed by atoms with Gasteiger partial charge >= 0.3 is 0 Å². The van der Waals surface area contributed by atoms with Gasteiger partial charge in [-0.3, -0.25) is 9.48 Å². The summed E-state index contributed by atoms with van der Waals surface area (Å²) in [6.07, 6.45) is 5.50. The van der Waals surface area contributed by atoms with E-state index in [1.54, 1.807) is 6.20 Å². The zero-order valence-electron chi connectivity index (χ0n) is 12.1. The van der Waals surface area contributed by atoms with E-state index in [0.717, 1.165) is 42.4 Å². The Kier molecular flexibility index (Phi) is 4.03. The molecule has 2 aromatic heterocycles. The van der Waals surface area contributed by atoms with Crippen LogP contribution in [0.15, 0.2) is 12.4 Å². The van der Waals surface area contributed by atoms with Crippen molar-refractivity contribution in [3.05, 3.63) is 28.0 Å². The molecule has 0 radical (unpaired) electrons. The number of ether oxygens (including phenoxy) is 1. The molecule has 112 valence electrons. The van der Waals surface area contributed by atoms with E-state index in [9.17, 15) is 4.79 Å². The molecule has 0 saturated carbocycles. The summed E-state index contributed by atoms with van der Waals surface area (Å²) in [7, 11) is 0. The lowest BCUT2D eigenvalue weighted by atomic mass is 10.1. The van der Waals surface area contributed by atoms with Crippen molar-refractivity contribution in [3.63, 3.8) is 0 Å². The number of carbonyl (C=O) groups is 1. The second-order valence-corrected chi connectivity index (χ2v) is 6.36. The summed E-state index contributed by atoms with van der Waals surface area (Å²) in [5.74, 6) is -0.121. The number of aromatic nitrogens is 3. The van der Waals surface area contributed by atoms with Gasteiger partial charge in [0.2, 0.25) is 0 Å². The molecule has 0 aromatic carbocycles. The quantitative estimate of drug-likeness (QED) is 0.946. The zero-order valence-corrected chi connectivity index (χ0v) is 12.9. The number of nitrogens with one attached hydrogen (secondary N) is 1. The first-order valence-electron chi connectivity index (χ1n) is 7.01. The molecule has 0 aliphatic carbocycles. The van der Waals surface area contributed by atoms with Gasteiger partial charge in [0.25, 0.3) is 5.91 Å². The van der Waals surface area contributed by atoms with Crippen molar-refractivity contribution in [1.29, 1.82) is 0 Å². The van der Waals surface area contributed by atoms with Crippen molar-refractivity contribution in [2.24, 2.45) is 0 Å². The van der Waals surface area contributed by atoms with Crippen LogP contribution >= 0.6 is 11.3 Å². The molecule has 1 amide bonds. The Morgan fingerprint density at radius 2 is 2.19 bits per heavy atom. The van der Waals surface area contributed by atoms with Crippen molar-refractivity contribution < 1.29 is 9.53 Å². The van der Waals surface area contributed by atoms with Crippen LogP contribution in [0.4, 0.5) is 5.69 Å². The minimum atomic E-state index is -0.121. The van der Waals surface area contributed by atoms with Crippen molar-refractivity contribution in [1.82, 2.24) is 14.8 Å². The molecule has 1 saturated heterocycles. The molecule has 7 heteroatoms. The Bertz CT molecular complexity index is 643. The molecule has 1 N–H and O–H groups in total. The van der Waals surface area contributed by atoms with Crippen LogP contribution in [-0.2, 0) is 4.74 Å². The zero-order chi connectivity index (χ0) is 14.8. The summed E-state index contributed by atoms with van der Waals surface area (Å²) >= 11 is 1.41. The lowest BCUT2D eigenvalue weighted by molar-refractivity contribution is 0.0662. The maximum absolute atomic E-state index is 12.2. The lowest BCUT2D eigenvalue weighted by Crippen LogP contribution is -2.19. The smallest absolute Gasteiger partial charge is 0.267 e. The number of thiazole rings is 1. The third kappa shape index (κ3) is 3.14. The number of nitrogens with zero attached hydrogens (tertiary/aromatic N) is 3. The van der Waals surface area contributed by atoms with Gasteiger partial charge in [-0.2, -0.15) is 5.10 Å².